The third kappa shape index (κ3) is 5.74. The summed E-state index contributed by atoms with van der Waals surface area (Å²) in [7, 11) is 0. The van der Waals surface area contributed by atoms with Gasteiger partial charge in [0.1, 0.15) is 11.5 Å². The number of hydrogen-bond acceptors (Lipinski definition) is 8. The second kappa shape index (κ2) is 10.8. The predicted octanol–water partition coefficient (Wildman–Crippen LogP) is 2.30. The molecule has 2 N–H and O–H groups in total. The van der Waals surface area contributed by atoms with Gasteiger partial charge in [0.25, 0.3) is 5.91 Å². The van der Waals surface area contributed by atoms with Crippen LogP contribution in [0.15, 0.2) is 42.7 Å². The largest absolute Gasteiger partial charge is 0.392 e. The molecule has 1 amide bonds. The summed E-state index contributed by atoms with van der Waals surface area (Å²) in [5.74, 6) is 1.33. The molecular formula is C26H33N7O2. The van der Waals surface area contributed by atoms with Crippen molar-refractivity contribution in [1.29, 1.82) is 0 Å². The number of carbonyl (C=O) groups is 1. The Balaban J connectivity index is 1.41. The van der Waals surface area contributed by atoms with Crippen LogP contribution in [-0.4, -0.2) is 69.5 Å². The first-order valence-corrected chi connectivity index (χ1v) is 12.0. The van der Waals surface area contributed by atoms with E-state index in [0.29, 0.717) is 0 Å². The molecule has 1 aliphatic rings. The second-order valence-corrected chi connectivity index (χ2v) is 9.19. The molecule has 1 fully saturated rings. The number of nitrogens with one attached hydrogen (secondary N) is 1. The smallest absolute Gasteiger partial charge is 0.271 e. The fraction of sp³-hybridized carbons (Fsp3) is 0.423. The molecule has 4 rings (SSSR count). The summed E-state index contributed by atoms with van der Waals surface area (Å²) >= 11 is 0. The summed E-state index contributed by atoms with van der Waals surface area (Å²) < 4.78 is 0. The first kappa shape index (κ1) is 24.5. The van der Waals surface area contributed by atoms with Gasteiger partial charge in [-0.1, -0.05) is 30.3 Å². The van der Waals surface area contributed by atoms with Crippen LogP contribution in [0.5, 0.6) is 0 Å². The summed E-state index contributed by atoms with van der Waals surface area (Å²) in [6, 6.07) is 10.5. The molecule has 0 saturated carbocycles. The van der Waals surface area contributed by atoms with Gasteiger partial charge in [0.2, 0.25) is 0 Å². The van der Waals surface area contributed by atoms with Crippen molar-refractivity contribution < 1.29 is 9.90 Å². The molecule has 1 aromatic carbocycles. The summed E-state index contributed by atoms with van der Waals surface area (Å²) in [6.07, 6.45) is 3.28. The number of rotatable bonds is 7. The highest BCUT2D eigenvalue weighted by molar-refractivity contribution is 5.92. The van der Waals surface area contributed by atoms with E-state index in [-0.39, 0.29) is 24.2 Å². The van der Waals surface area contributed by atoms with E-state index >= 15 is 0 Å². The van der Waals surface area contributed by atoms with Crippen molar-refractivity contribution in [3.8, 4) is 0 Å². The average Bonchev–Trinajstić information content (AvgIpc) is 2.86. The summed E-state index contributed by atoms with van der Waals surface area (Å²) in [4.78, 5) is 25.4. The van der Waals surface area contributed by atoms with E-state index < -0.39 is 6.10 Å². The van der Waals surface area contributed by atoms with Gasteiger partial charge in [0.05, 0.1) is 24.2 Å². The second-order valence-electron chi connectivity index (χ2n) is 9.19. The van der Waals surface area contributed by atoms with Crippen molar-refractivity contribution in [1.82, 2.24) is 25.5 Å². The Morgan fingerprint density at radius 1 is 1.11 bits per heavy atom. The monoisotopic (exact) mass is 475 g/mol. The van der Waals surface area contributed by atoms with Crippen LogP contribution in [0, 0.1) is 13.8 Å². The zero-order valence-electron chi connectivity index (χ0n) is 20.8. The number of hydrogen-bond donors (Lipinski definition) is 2. The fourth-order valence-corrected chi connectivity index (χ4v) is 4.31. The van der Waals surface area contributed by atoms with E-state index in [9.17, 15) is 9.90 Å². The molecule has 0 aliphatic carbocycles. The number of amides is 1. The van der Waals surface area contributed by atoms with Gasteiger partial charge < -0.3 is 20.2 Å². The van der Waals surface area contributed by atoms with E-state index in [1.807, 2.05) is 18.2 Å². The van der Waals surface area contributed by atoms with Gasteiger partial charge in [-0.2, -0.15) is 5.10 Å². The molecule has 1 unspecified atom stereocenters. The molecule has 3 heterocycles. The molecule has 0 radical (unpaired) electrons. The first-order valence-electron chi connectivity index (χ1n) is 12.0. The Morgan fingerprint density at radius 2 is 1.89 bits per heavy atom. The normalized spacial score (nSPS) is 16.8. The Labute approximate surface area is 206 Å². The highest BCUT2D eigenvalue weighted by Crippen LogP contribution is 2.26. The number of nitrogens with zero attached hydrogens (tertiary/aromatic N) is 6. The van der Waals surface area contributed by atoms with Crippen LogP contribution in [0.4, 0.5) is 11.6 Å². The molecule has 9 nitrogen and oxygen atoms in total. The van der Waals surface area contributed by atoms with Crippen LogP contribution in [-0.2, 0) is 6.42 Å². The lowest BCUT2D eigenvalue weighted by Gasteiger charge is -2.41. The lowest BCUT2D eigenvalue weighted by Crippen LogP contribution is -2.53. The SMILES string of the molecule is Cc1c(Cc2ccccc2)nnc(N2CCN(c3cnc(C(=O)NCC(C)O)cn3)[C@H](C)C2)c1C. The van der Waals surface area contributed by atoms with E-state index in [2.05, 4.69) is 68.2 Å². The molecular weight excluding hydrogens is 442 g/mol. The van der Waals surface area contributed by atoms with Gasteiger partial charge in [0.15, 0.2) is 5.82 Å². The van der Waals surface area contributed by atoms with Gasteiger partial charge in [-0.25, -0.2) is 9.97 Å². The fourth-order valence-electron chi connectivity index (χ4n) is 4.31. The van der Waals surface area contributed by atoms with Crippen LogP contribution < -0.4 is 15.1 Å². The number of aliphatic hydroxyl groups excluding tert-OH is 1. The van der Waals surface area contributed by atoms with Crippen molar-refractivity contribution >= 4 is 17.5 Å². The summed E-state index contributed by atoms with van der Waals surface area (Å²) in [5, 5.41) is 21.2. The van der Waals surface area contributed by atoms with Crippen molar-refractivity contribution in [2.24, 2.45) is 0 Å². The lowest BCUT2D eigenvalue weighted by atomic mass is 10.0. The van der Waals surface area contributed by atoms with Crippen LogP contribution in [0.3, 0.4) is 0 Å². The minimum atomic E-state index is -0.611. The Kier molecular flexibility index (Phi) is 7.55. The minimum absolute atomic E-state index is 0.177. The van der Waals surface area contributed by atoms with Crippen molar-refractivity contribution in [3.63, 3.8) is 0 Å². The summed E-state index contributed by atoms with van der Waals surface area (Å²) in [5.41, 5.74) is 4.82. The van der Waals surface area contributed by atoms with Crippen LogP contribution in [0.25, 0.3) is 0 Å². The topological polar surface area (TPSA) is 107 Å². The van der Waals surface area contributed by atoms with E-state index in [4.69, 9.17) is 0 Å². The van der Waals surface area contributed by atoms with Crippen LogP contribution >= 0.6 is 0 Å². The molecule has 3 aromatic rings. The zero-order chi connectivity index (χ0) is 24.9. The van der Waals surface area contributed by atoms with Gasteiger partial charge >= 0.3 is 0 Å². The highest BCUT2D eigenvalue weighted by atomic mass is 16.3. The molecule has 1 aliphatic heterocycles. The standard InChI is InChI=1S/C26H33N7O2/c1-17-16-32(25-20(4)19(3)22(30-31-25)12-21-8-6-5-7-9-21)10-11-33(17)24-15-27-23(14-28-24)26(35)29-13-18(2)34/h5-9,14-15,17-18,34H,10-13,16H2,1-4H3,(H,29,35)/t17-,18?/m1/s1. The van der Waals surface area contributed by atoms with Gasteiger partial charge in [-0.15, -0.1) is 5.10 Å². The van der Waals surface area contributed by atoms with Gasteiger partial charge in [0, 0.05) is 38.6 Å². The average molecular weight is 476 g/mol. The third-order valence-electron chi connectivity index (χ3n) is 6.46. The minimum Gasteiger partial charge on any atom is -0.392 e. The number of carbonyl (C=O) groups excluding carboxylic acids is 1. The molecule has 0 spiro atoms. The Morgan fingerprint density at radius 3 is 2.54 bits per heavy atom. The van der Waals surface area contributed by atoms with E-state index in [1.54, 1.807) is 13.1 Å². The van der Waals surface area contributed by atoms with E-state index in [1.165, 1.54) is 22.9 Å². The Bertz CT molecular complexity index is 1150. The number of piperazine rings is 1. The first-order chi connectivity index (χ1) is 16.8. The van der Waals surface area contributed by atoms with Gasteiger partial charge in [-0.05, 0) is 44.4 Å². The number of aliphatic hydroxyl groups is 1. The van der Waals surface area contributed by atoms with Crippen LogP contribution in [0.1, 0.15) is 46.7 Å². The summed E-state index contributed by atoms with van der Waals surface area (Å²) in [6.45, 7) is 10.5. The van der Waals surface area contributed by atoms with Crippen molar-refractivity contribution in [3.05, 3.63) is 70.8 Å². The maximum Gasteiger partial charge on any atom is 0.271 e. The van der Waals surface area contributed by atoms with Crippen molar-refractivity contribution in [2.45, 2.75) is 46.3 Å². The predicted molar refractivity (Wildman–Crippen MR) is 136 cm³/mol. The zero-order valence-corrected chi connectivity index (χ0v) is 20.8. The molecule has 184 valence electrons. The quantitative estimate of drug-likeness (QED) is 0.536. The Hall–Kier alpha value is -3.59. The van der Waals surface area contributed by atoms with Crippen LogP contribution in [0.2, 0.25) is 0 Å². The van der Waals surface area contributed by atoms with E-state index in [0.717, 1.165) is 43.4 Å². The maximum atomic E-state index is 12.1. The van der Waals surface area contributed by atoms with Gasteiger partial charge in [-0.3, -0.25) is 4.79 Å². The van der Waals surface area contributed by atoms with Crippen molar-refractivity contribution in [2.75, 3.05) is 36.0 Å². The highest BCUT2D eigenvalue weighted by Gasteiger charge is 2.27. The lowest BCUT2D eigenvalue weighted by molar-refractivity contribution is 0.0918. The maximum absolute atomic E-state index is 12.1. The number of aromatic nitrogens is 4. The molecule has 9 heteroatoms. The number of anilines is 2. The number of benzene rings is 1. The molecule has 2 atom stereocenters. The molecule has 35 heavy (non-hydrogen) atoms. The molecule has 0 bridgehead atoms. The molecule has 1 saturated heterocycles. The molecule has 2 aromatic heterocycles. The third-order valence-corrected chi connectivity index (χ3v) is 6.46.